The van der Waals surface area contributed by atoms with Gasteiger partial charge in [0.1, 0.15) is 26.9 Å². The van der Waals surface area contributed by atoms with Crippen molar-refractivity contribution in [1.29, 1.82) is 0 Å². The molecule has 0 aliphatic heterocycles. The van der Waals surface area contributed by atoms with E-state index < -0.39 is 47.2 Å². The van der Waals surface area contributed by atoms with Crippen LogP contribution >= 0.6 is 23.2 Å². The number of hydrogen-bond donors (Lipinski definition) is 8. The second kappa shape index (κ2) is 17.9. The number of aryl methyl sites for hydroxylation is 3. The Labute approximate surface area is 373 Å². The summed E-state index contributed by atoms with van der Waals surface area (Å²) >= 11 is 12.2. The van der Waals surface area contributed by atoms with Crippen molar-refractivity contribution < 1.29 is 31.0 Å². The molecule has 0 amide bonds. The maximum atomic E-state index is 12.7. The molecule has 2 aromatic heterocycles. The summed E-state index contributed by atoms with van der Waals surface area (Å²) in [6.07, 6.45) is 0. The summed E-state index contributed by atoms with van der Waals surface area (Å²) in [6.45, 7) is 5.16. The van der Waals surface area contributed by atoms with Gasteiger partial charge in [-0.2, -0.15) is 51.9 Å². The van der Waals surface area contributed by atoms with Crippen molar-refractivity contribution in [2.45, 2.75) is 30.6 Å². The molecule has 0 aliphatic rings. The van der Waals surface area contributed by atoms with E-state index in [0.29, 0.717) is 11.3 Å². The van der Waals surface area contributed by atoms with Crippen LogP contribution in [0.25, 0.3) is 10.8 Å². The zero-order valence-electron chi connectivity index (χ0n) is 33.5. The highest BCUT2D eigenvalue weighted by Crippen LogP contribution is 2.47. The number of nitrogens with one attached hydrogen (secondary N) is 4. The van der Waals surface area contributed by atoms with Crippen molar-refractivity contribution in [3.8, 4) is 5.75 Å². The van der Waals surface area contributed by atoms with E-state index in [4.69, 9.17) is 28.9 Å². The van der Waals surface area contributed by atoms with Gasteiger partial charge in [-0.05, 0) is 115 Å². The lowest BCUT2D eigenvalue weighted by Gasteiger charge is -2.14. The van der Waals surface area contributed by atoms with E-state index in [9.17, 15) is 31.0 Å². The lowest BCUT2D eigenvalue weighted by molar-refractivity contribution is 0.480. The summed E-state index contributed by atoms with van der Waals surface area (Å²) in [5.74, 6) is -0.255. The number of phenolic OH excluding ortho intramolecular Hbond substituents is 1. The Morgan fingerprint density at radius 2 is 1.08 bits per heavy atom. The first-order valence-corrected chi connectivity index (χ1v) is 21.9. The number of halogens is 2. The molecule has 0 saturated carbocycles. The zero-order valence-corrected chi connectivity index (χ0v) is 36.7. The molecular formula is C38H33Cl2N15O7S2. The number of hydrogen-bond acceptors (Lipinski definition) is 20. The van der Waals surface area contributed by atoms with Crippen LogP contribution in [0.15, 0.2) is 103 Å². The SMILES string of the molecule is CNc1nc(Cl)nc(Nc2ccc(S(=O)(=O)O)c(N=Nc3c(C)cc4cc(S(=O)(=O)O)c(N=Nc5cc(Nc6nc(Cl)nc(Nc7ccc(C)cc7)n6)ccc5C)c(N)c4c3O)c2)n1. The molecule has 0 fully saturated rings. The second-order valence-corrected chi connectivity index (χ2v) is 17.1. The van der Waals surface area contributed by atoms with Crippen LogP contribution in [0.1, 0.15) is 16.7 Å². The first kappa shape index (κ1) is 44.8. The monoisotopic (exact) mass is 945 g/mol. The molecule has 0 aliphatic carbocycles. The Kier molecular flexibility index (Phi) is 12.5. The van der Waals surface area contributed by atoms with Crippen LogP contribution in [-0.2, 0) is 20.2 Å². The number of rotatable bonds is 13. The zero-order chi connectivity index (χ0) is 46.1. The number of nitrogen functional groups attached to an aromatic ring is 1. The molecule has 0 atom stereocenters. The van der Waals surface area contributed by atoms with Gasteiger partial charge in [-0.15, -0.1) is 15.3 Å². The van der Waals surface area contributed by atoms with Crippen LogP contribution in [0.5, 0.6) is 5.75 Å². The molecule has 0 unspecified atom stereocenters. The lowest BCUT2D eigenvalue weighted by Crippen LogP contribution is -2.04. The standard InChI is InChI=1S/C38H33Cl2N15O7S2/c1-17-5-8-21(9-6-17)43-36-48-34(40)49-38(51-36)44-22-10-7-18(2)24(15-22)52-55-31-27(64(60,61)62)14-20-13-19(3)30(32(56)28(20)29(31)41)54-53-25-16-23(11-12-26(25)63(57,58)59)45-37-47-33(39)46-35(42-4)50-37/h5-16,56H,41H2,1-4H3,(H,57,58,59)(H,60,61,62)(H2,42,45,46,47,50)(H2,43,44,48,49,51). The van der Waals surface area contributed by atoms with Gasteiger partial charge in [0.25, 0.3) is 20.2 Å². The molecule has 0 saturated heterocycles. The maximum absolute atomic E-state index is 12.7. The third-order valence-electron chi connectivity index (χ3n) is 9.04. The average molecular weight is 947 g/mol. The Morgan fingerprint density at radius 1 is 0.578 bits per heavy atom. The maximum Gasteiger partial charge on any atom is 0.296 e. The topological polar surface area (TPSA) is 330 Å². The normalized spacial score (nSPS) is 12.0. The Morgan fingerprint density at radius 3 is 1.67 bits per heavy atom. The minimum absolute atomic E-state index is 0.0203. The molecule has 9 N–H and O–H groups in total. The first-order valence-electron chi connectivity index (χ1n) is 18.3. The third-order valence-corrected chi connectivity index (χ3v) is 11.1. The Balaban J connectivity index is 1.24. The van der Waals surface area contributed by atoms with Crippen LogP contribution in [0.4, 0.5) is 69.3 Å². The van der Waals surface area contributed by atoms with E-state index in [1.165, 1.54) is 25.1 Å². The van der Waals surface area contributed by atoms with Gasteiger partial charge in [0, 0.05) is 24.1 Å². The number of phenols is 1. The minimum atomic E-state index is -5.00. The molecule has 5 aromatic carbocycles. The molecular weight excluding hydrogens is 914 g/mol. The number of anilines is 8. The molecule has 64 heavy (non-hydrogen) atoms. The fraction of sp³-hybridized carbons (Fsp3) is 0.105. The van der Waals surface area contributed by atoms with Gasteiger partial charge in [-0.1, -0.05) is 23.8 Å². The molecule has 7 aromatic rings. The average Bonchev–Trinajstić information content (AvgIpc) is 3.21. The summed E-state index contributed by atoms with van der Waals surface area (Å²) in [6, 6.07) is 18.4. The molecule has 26 heteroatoms. The summed E-state index contributed by atoms with van der Waals surface area (Å²) in [5, 5.41) is 39.4. The van der Waals surface area contributed by atoms with Crippen molar-refractivity contribution in [2.75, 3.05) is 34.0 Å². The molecule has 0 radical (unpaired) electrons. The predicted octanol–water partition coefficient (Wildman–Crippen LogP) is 9.33. The molecule has 22 nitrogen and oxygen atoms in total. The molecule has 2 heterocycles. The number of aromatic hydroxyl groups is 1. The predicted molar refractivity (Wildman–Crippen MR) is 241 cm³/mol. The van der Waals surface area contributed by atoms with E-state index in [-0.39, 0.29) is 73.4 Å². The lowest BCUT2D eigenvalue weighted by atomic mass is 10.0. The van der Waals surface area contributed by atoms with Gasteiger partial charge in [0.15, 0.2) is 5.75 Å². The summed E-state index contributed by atoms with van der Waals surface area (Å²) in [5.41, 5.74) is 8.36. The highest BCUT2D eigenvalue weighted by Gasteiger charge is 2.25. The quantitative estimate of drug-likeness (QED) is 0.0303. The number of azo groups is 2. The molecule has 0 spiro atoms. The van der Waals surface area contributed by atoms with E-state index >= 15 is 0 Å². The van der Waals surface area contributed by atoms with Gasteiger partial charge in [-0.25, -0.2) is 0 Å². The van der Waals surface area contributed by atoms with Crippen LogP contribution in [0.2, 0.25) is 10.6 Å². The fourth-order valence-corrected chi connectivity index (χ4v) is 7.59. The van der Waals surface area contributed by atoms with Crippen LogP contribution in [0.3, 0.4) is 0 Å². The third kappa shape index (κ3) is 10.2. The number of nitrogens with two attached hydrogens (primary N) is 1. The minimum Gasteiger partial charge on any atom is -0.505 e. The van der Waals surface area contributed by atoms with Gasteiger partial charge in [-0.3, -0.25) is 9.11 Å². The van der Waals surface area contributed by atoms with Crippen molar-refractivity contribution >= 4 is 124 Å². The van der Waals surface area contributed by atoms with E-state index in [1.54, 1.807) is 32.2 Å². The number of benzene rings is 5. The van der Waals surface area contributed by atoms with Gasteiger partial charge in [0.2, 0.25) is 34.4 Å². The first-order chi connectivity index (χ1) is 30.2. The van der Waals surface area contributed by atoms with Gasteiger partial charge < -0.3 is 32.1 Å². The molecule has 328 valence electrons. The molecule has 0 bridgehead atoms. The van der Waals surface area contributed by atoms with Crippen molar-refractivity contribution in [2.24, 2.45) is 20.5 Å². The van der Waals surface area contributed by atoms with Crippen LogP contribution < -0.4 is 27.0 Å². The van der Waals surface area contributed by atoms with Crippen molar-refractivity contribution in [3.05, 3.63) is 100 Å². The summed E-state index contributed by atoms with van der Waals surface area (Å²) in [4.78, 5) is 23.3. The van der Waals surface area contributed by atoms with Crippen LogP contribution in [0, 0.1) is 20.8 Å². The van der Waals surface area contributed by atoms with E-state index in [0.717, 1.165) is 23.4 Å². The summed E-state index contributed by atoms with van der Waals surface area (Å²) < 4.78 is 70.4. The fourth-order valence-electron chi connectivity index (χ4n) is 6.00. The van der Waals surface area contributed by atoms with Gasteiger partial charge >= 0.3 is 0 Å². The number of fused-ring (bicyclic) bond motifs is 1. The van der Waals surface area contributed by atoms with Gasteiger partial charge in [0.05, 0.1) is 16.8 Å². The Hall–Kier alpha value is -7.22. The molecule has 7 rings (SSSR count). The van der Waals surface area contributed by atoms with Crippen molar-refractivity contribution in [1.82, 2.24) is 29.9 Å². The van der Waals surface area contributed by atoms with Crippen LogP contribution in [-0.4, -0.2) is 68.0 Å². The smallest absolute Gasteiger partial charge is 0.296 e. The second-order valence-electron chi connectivity index (χ2n) is 13.7. The van der Waals surface area contributed by atoms with E-state index in [2.05, 4.69) is 71.6 Å². The number of nitrogens with zero attached hydrogens (tertiary/aromatic N) is 10. The van der Waals surface area contributed by atoms with Crippen molar-refractivity contribution in [3.63, 3.8) is 0 Å². The highest BCUT2D eigenvalue weighted by atomic mass is 35.5. The number of aromatic nitrogens is 6. The highest BCUT2D eigenvalue weighted by molar-refractivity contribution is 7.86. The Bertz CT molecular complexity index is 3290. The summed E-state index contributed by atoms with van der Waals surface area (Å²) in [7, 11) is -8.30. The largest absolute Gasteiger partial charge is 0.505 e. The van der Waals surface area contributed by atoms with E-state index in [1.807, 2.05) is 31.2 Å².